The van der Waals surface area contributed by atoms with E-state index >= 15 is 0 Å². The summed E-state index contributed by atoms with van der Waals surface area (Å²) in [5.74, 6) is 0.276. The molecule has 0 atom stereocenters. The number of phenolic OH excluding ortho intramolecular Hbond substituents is 1. The number of nitrogens with zero attached hydrogens (tertiary/aromatic N) is 1. The van der Waals surface area contributed by atoms with Gasteiger partial charge in [0, 0.05) is 10.0 Å². The van der Waals surface area contributed by atoms with Gasteiger partial charge in [0.1, 0.15) is 11.5 Å². The molecule has 2 aromatic carbocycles. The van der Waals surface area contributed by atoms with E-state index in [1.54, 1.807) is 6.07 Å². The number of hydrazone groups is 1. The van der Waals surface area contributed by atoms with Gasteiger partial charge in [0.05, 0.1) is 15.2 Å². The third-order valence-corrected chi connectivity index (χ3v) is 5.72. The average Bonchev–Trinajstić information content (AvgIpc) is 2.60. The lowest BCUT2D eigenvalue weighted by Crippen LogP contribution is -2.24. The monoisotopic (exact) mass is 560 g/mol. The molecule has 0 bridgehead atoms. The molecule has 2 rings (SSSR count). The molecule has 0 saturated carbocycles. The van der Waals surface area contributed by atoms with E-state index in [1.807, 2.05) is 24.3 Å². The van der Waals surface area contributed by atoms with Gasteiger partial charge in [-0.3, -0.25) is 4.79 Å². The summed E-state index contributed by atoms with van der Waals surface area (Å²) in [7, 11) is 0. The van der Waals surface area contributed by atoms with Crippen LogP contribution in [0.4, 0.5) is 0 Å². The van der Waals surface area contributed by atoms with E-state index in [0.717, 1.165) is 0 Å². The number of carbonyl (C=O) groups excluding carboxylic acids is 1. The van der Waals surface area contributed by atoms with Gasteiger partial charge >= 0.3 is 0 Å². The van der Waals surface area contributed by atoms with Gasteiger partial charge in [-0.2, -0.15) is 5.10 Å². The highest BCUT2D eigenvalue weighted by Gasteiger charge is 2.14. The number of carbonyl (C=O) groups is 1. The second-order valence-corrected chi connectivity index (χ2v) is 9.27. The second-order valence-electron chi connectivity index (χ2n) is 6.77. The number of aromatic hydroxyl groups is 1. The largest absolute Gasteiger partial charge is 0.506 e. The molecule has 0 radical (unpaired) electrons. The molecule has 0 unspecified atom stereocenters. The summed E-state index contributed by atoms with van der Waals surface area (Å²) < 4.78 is 7.16. The van der Waals surface area contributed by atoms with Crippen LogP contribution in [0.5, 0.6) is 11.5 Å². The van der Waals surface area contributed by atoms with Crippen molar-refractivity contribution >= 4 is 59.9 Å². The molecular formula is C19H19Br3N2O3. The Balaban J connectivity index is 1.92. The molecule has 0 aliphatic heterocycles. The number of nitrogens with one attached hydrogen (secondary N) is 1. The molecule has 0 heterocycles. The topological polar surface area (TPSA) is 70.9 Å². The Bertz CT molecular complexity index is 860. The number of ether oxygens (including phenoxy) is 1. The Morgan fingerprint density at radius 2 is 1.81 bits per heavy atom. The standard InChI is InChI=1S/C19H19Br3N2O3/c1-19(2,3)11-4-6-12(7-5-11)27-10-16(25)24-23-9-13-14(20)8-15(21)18(26)17(13)22/h4-9,26H,10H2,1-3H3,(H,24,25)/b23-9-. The molecule has 0 saturated heterocycles. The lowest BCUT2D eigenvalue weighted by atomic mass is 9.87. The number of halogens is 3. The van der Waals surface area contributed by atoms with Gasteiger partial charge in [0.15, 0.2) is 6.61 Å². The van der Waals surface area contributed by atoms with Crippen molar-refractivity contribution in [1.82, 2.24) is 5.43 Å². The minimum absolute atomic E-state index is 0.0491. The summed E-state index contributed by atoms with van der Waals surface area (Å²) in [6.45, 7) is 6.25. The predicted molar refractivity (Wildman–Crippen MR) is 118 cm³/mol. The Hall–Kier alpha value is -1.38. The Labute approximate surface area is 183 Å². The molecule has 144 valence electrons. The van der Waals surface area contributed by atoms with Crippen molar-refractivity contribution in [3.05, 3.63) is 54.9 Å². The number of hydrogen-bond donors (Lipinski definition) is 2. The summed E-state index contributed by atoms with van der Waals surface area (Å²) in [4.78, 5) is 11.9. The van der Waals surface area contributed by atoms with Gasteiger partial charge in [-0.05, 0) is 61.0 Å². The summed E-state index contributed by atoms with van der Waals surface area (Å²) in [5, 5.41) is 13.8. The lowest BCUT2D eigenvalue weighted by Gasteiger charge is -2.19. The first-order chi connectivity index (χ1) is 12.6. The Morgan fingerprint density at radius 3 is 2.41 bits per heavy atom. The molecule has 0 aliphatic rings. The SMILES string of the molecule is CC(C)(C)c1ccc(OCC(=O)N/N=C\c2c(Br)cc(Br)c(O)c2Br)cc1. The van der Waals surface area contributed by atoms with Crippen molar-refractivity contribution in [2.75, 3.05) is 6.61 Å². The van der Waals surface area contributed by atoms with E-state index in [0.29, 0.717) is 24.7 Å². The van der Waals surface area contributed by atoms with Crippen molar-refractivity contribution < 1.29 is 14.6 Å². The van der Waals surface area contributed by atoms with E-state index in [1.165, 1.54) is 11.8 Å². The van der Waals surface area contributed by atoms with Crippen molar-refractivity contribution in [3.8, 4) is 11.5 Å². The molecule has 8 heteroatoms. The quantitative estimate of drug-likeness (QED) is 0.373. The highest BCUT2D eigenvalue weighted by molar-refractivity contribution is 9.11. The zero-order chi connectivity index (χ0) is 20.2. The average molecular weight is 563 g/mol. The number of amides is 1. The van der Waals surface area contributed by atoms with Crippen LogP contribution in [0.25, 0.3) is 0 Å². The number of hydrogen-bond acceptors (Lipinski definition) is 4. The van der Waals surface area contributed by atoms with Crippen molar-refractivity contribution in [3.63, 3.8) is 0 Å². The minimum atomic E-state index is -0.389. The van der Waals surface area contributed by atoms with Crippen LogP contribution in [-0.4, -0.2) is 23.8 Å². The first kappa shape index (κ1) is 21.9. The predicted octanol–water partition coefficient (Wildman–Crippen LogP) is 5.51. The van der Waals surface area contributed by atoms with Crippen molar-refractivity contribution in [2.24, 2.45) is 5.10 Å². The molecular weight excluding hydrogens is 544 g/mol. The maximum absolute atomic E-state index is 11.9. The Morgan fingerprint density at radius 1 is 1.19 bits per heavy atom. The van der Waals surface area contributed by atoms with Crippen LogP contribution in [0.15, 0.2) is 48.9 Å². The van der Waals surface area contributed by atoms with Gasteiger partial charge in [0.2, 0.25) is 0 Å². The smallest absolute Gasteiger partial charge is 0.277 e. The fraction of sp³-hybridized carbons (Fsp3) is 0.263. The molecule has 0 aliphatic carbocycles. The molecule has 0 fully saturated rings. The van der Waals surface area contributed by atoms with E-state index in [2.05, 4.69) is 79.1 Å². The van der Waals surface area contributed by atoms with Crippen LogP contribution >= 0.6 is 47.8 Å². The maximum atomic E-state index is 11.9. The van der Waals surface area contributed by atoms with Crippen LogP contribution in [0.1, 0.15) is 31.9 Å². The van der Waals surface area contributed by atoms with Gasteiger partial charge in [-0.15, -0.1) is 0 Å². The molecule has 0 aromatic heterocycles. The zero-order valence-electron chi connectivity index (χ0n) is 15.0. The Kier molecular flexibility index (Phi) is 7.47. The van der Waals surface area contributed by atoms with Crippen LogP contribution in [-0.2, 0) is 10.2 Å². The van der Waals surface area contributed by atoms with E-state index in [-0.39, 0.29) is 23.7 Å². The third kappa shape index (κ3) is 6.05. The lowest BCUT2D eigenvalue weighted by molar-refractivity contribution is -0.123. The molecule has 5 nitrogen and oxygen atoms in total. The second kappa shape index (κ2) is 9.21. The van der Waals surface area contributed by atoms with Crippen molar-refractivity contribution in [2.45, 2.75) is 26.2 Å². The third-order valence-electron chi connectivity index (χ3n) is 3.65. The van der Waals surface area contributed by atoms with Gasteiger partial charge < -0.3 is 9.84 Å². The molecule has 2 N–H and O–H groups in total. The summed E-state index contributed by atoms with van der Waals surface area (Å²) in [6, 6.07) is 9.35. The van der Waals surface area contributed by atoms with Crippen molar-refractivity contribution in [1.29, 1.82) is 0 Å². The first-order valence-corrected chi connectivity index (χ1v) is 10.4. The van der Waals surface area contributed by atoms with Gasteiger partial charge in [-0.25, -0.2) is 5.43 Å². The highest BCUT2D eigenvalue weighted by atomic mass is 79.9. The van der Waals surface area contributed by atoms with E-state index < -0.39 is 0 Å². The number of rotatable bonds is 5. The van der Waals surface area contributed by atoms with Crippen LogP contribution in [0.2, 0.25) is 0 Å². The summed E-state index contributed by atoms with van der Waals surface area (Å²) in [5.41, 5.74) is 4.24. The zero-order valence-corrected chi connectivity index (χ0v) is 19.8. The maximum Gasteiger partial charge on any atom is 0.277 e. The van der Waals surface area contributed by atoms with E-state index in [4.69, 9.17) is 4.74 Å². The summed E-state index contributed by atoms with van der Waals surface area (Å²) in [6.07, 6.45) is 1.43. The van der Waals surface area contributed by atoms with E-state index in [9.17, 15) is 9.90 Å². The first-order valence-electron chi connectivity index (χ1n) is 8.01. The normalized spacial score (nSPS) is 11.6. The number of benzene rings is 2. The van der Waals surface area contributed by atoms with Gasteiger partial charge in [-0.1, -0.05) is 48.8 Å². The van der Waals surface area contributed by atoms with Crippen LogP contribution < -0.4 is 10.2 Å². The fourth-order valence-corrected chi connectivity index (χ4v) is 4.44. The fourth-order valence-electron chi connectivity index (χ4n) is 2.11. The molecule has 0 spiro atoms. The van der Waals surface area contributed by atoms with Gasteiger partial charge in [0.25, 0.3) is 5.91 Å². The highest BCUT2D eigenvalue weighted by Crippen LogP contribution is 2.38. The van der Waals surface area contributed by atoms with Crippen LogP contribution in [0.3, 0.4) is 0 Å². The van der Waals surface area contributed by atoms with Crippen LogP contribution in [0, 0.1) is 0 Å². The molecule has 1 amide bonds. The number of phenols is 1. The molecule has 2 aromatic rings. The molecule has 27 heavy (non-hydrogen) atoms. The summed E-state index contributed by atoms with van der Waals surface area (Å²) >= 11 is 9.91. The minimum Gasteiger partial charge on any atom is -0.506 e.